The van der Waals surface area contributed by atoms with Crippen LogP contribution in [0.25, 0.3) is 0 Å². The lowest BCUT2D eigenvalue weighted by molar-refractivity contribution is -0.384. The van der Waals surface area contributed by atoms with E-state index in [-0.39, 0.29) is 34.9 Å². The monoisotopic (exact) mass is 349 g/mol. The molecule has 0 bridgehead atoms. The first-order valence-electron chi connectivity index (χ1n) is 6.91. The Balaban J connectivity index is 0.00000242. The van der Waals surface area contributed by atoms with Crippen LogP contribution in [-0.4, -0.2) is 25.9 Å². The molecule has 1 aliphatic rings. The van der Waals surface area contributed by atoms with Crippen LogP contribution in [-0.2, 0) is 10.0 Å². The molecule has 124 valence electrons. The van der Waals surface area contributed by atoms with Crippen LogP contribution in [0.5, 0.6) is 0 Å². The first kappa shape index (κ1) is 18.8. The average Bonchev–Trinajstić information content (AvgIpc) is 2.47. The van der Waals surface area contributed by atoms with Crippen LogP contribution in [0.4, 0.5) is 5.69 Å². The molecular weight excluding hydrogens is 330 g/mol. The number of nitro benzene ring substituents is 1. The lowest BCUT2D eigenvalue weighted by Gasteiger charge is -2.31. The molecule has 0 amide bonds. The van der Waals surface area contributed by atoms with Gasteiger partial charge in [0.2, 0.25) is 10.0 Å². The fourth-order valence-electron chi connectivity index (χ4n) is 2.66. The molecule has 22 heavy (non-hydrogen) atoms. The van der Waals surface area contributed by atoms with Crippen LogP contribution in [0.1, 0.15) is 25.7 Å². The van der Waals surface area contributed by atoms with E-state index in [1.165, 1.54) is 24.3 Å². The Kier molecular flexibility index (Phi) is 6.73. The Bertz CT molecular complexity index is 606. The van der Waals surface area contributed by atoms with Gasteiger partial charge in [-0.25, -0.2) is 13.1 Å². The number of hydrogen-bond acceptors (Lipinski definition) is 5. The van der Waals surface area contributed by atoms with E-state index in [0.717, 1.165) is 25.7 Å². The zero-order chi connectivity index (χ0) is 15.5. The van der Waals surface area contributed by atoms with Crippen molar-refractivity contribution in [2.75, 3.05) is 6.54 Å². The Hall–Kier alpha value is -1.22. The number of nitro groups is 1. The summed E-state index contributed by atoms with van der Waals surface area (Å²) in [6, 6.07) is 4.72. The van der Waals surface area contributed by atoms with Gasteiger partial charge in [-0.05, 0) is 37.4 Å². The second kappa shape index (κ2) is 7.87. The van der Waals surface area contributed by atoms with Gasteiger partial charge in [0.1, 0.15) is 0 Å². The van der Waals surface area contributed by atoms with Crippen molar-refractivity contribution >= 4 is 28.1 Å². The van der Waals surface area contributed by atoms with Gasteiger partial charge in [-0.1, -0.05) is 12.8 Å². The molecule has 0 heterocycles. The highest BCUT2D eigenvalue weighted by atomic mass is 35.5. The van der Waals surface area contributed by atoms with E-state index in [1.54, 1.807) is 0 Å². The number of sulfonamides is 1. The summed E-state index contributed by atoms with van der Waals surface area (Å²) in [7, 11) is -3.67. The third-order valence-electron chi connectivity index (χ3n) is 3.88. The number of hydrogen-bond donors (Lipinski definition) is 2. The van der Waals surface area contributed by atoms with Gasteiger partial charge in [0.05, 0.1) is 9.82 Å². The molecule has 1 aromatic rings. The van der Waals surface area contributed by atoms with Crippen molar-refractivity contribution in [3.05, 3.63) is 34.4 Å². The van der Waals surface area contributed by atoms with E-state index in [2.05, 4.69) is 4.72 Å². The predicted molar refractivity (Wildman–Crippen MR) is 85.5 cm³/mol. The number of nitrogens with one attached hydrogen (secondary N) is 1. The summed E-state index contributed by atoms with van der Waals surface area (Å²) in [4.78, 5) is 10.1. The second-order valence-electron chi connectivity index (χ2n) is 5.26. The molecule has 1 aromatic carbocycles. The molecule has 2 atom stereocenters. The Morgan fingerprint density at radius 2 is 1.82 bits per heavy atom. The molecule has 1 saturated carbocycles. The molecule has 1 aliphatic carbocycles. The number of halogens is 1. The second-order valence-corrected chi connectivity index (χ2v) is 6.97. The maximum atomic E-state index is 12.3. The van der Waals surface area contributed by atoms with Crippen molar-refractivity contribution < 1.29 is 13.3 Å². The van der Waals surface area contributed by atoms with Gasteiger partial charge in [0, 0.05) is 18.2 Å². The standard InChI is InChI=1S/C13H19N3O4S.ClH/c14-9-10-3-1-2-4-13(10)15-21(19,20)12-7-5-11(6-8-12)16(17)18;/h5-8,10,13,15H,1-4,9,14H2;1H. The van der Waals surface area contributed by atoms with Crippen LogP contribution in [0.15, 0.2) is 29.2 Å². The fourth-order valence-corrected chi connectivity index (χ4v) is 4.00. The van der Waals surface area contributed by atoms with Crippen molar-refractivity contribution in [3.8, 4) is 0 Å². The summed E-state index contributed by atoms with van der Waals surface area (Å²) in [5.74, 6) is 0.145. The number of nitrogens with two attached hydrogens (primary N) is 1. The van der Waals surface area contributed by atoms with Crippen molar-refractivity contribution in [1.29, 1.82) is 0 Å². The van der Waals surface area contributed by atoms with Crippen LogP contribution < -0.4 is 10.5 Å². The van der Waals surface area contributed by atoms with Gasteiger partial charge >= 0.3 is 0 Å². The predicted octanol–water partition coefficient (Wildman–Crippen LogP) is 1.81. The van der Waals surface area contributed by atoms with Gasteiger partial charge in [0.15, 0.2) is 0 Å². The van der Waals surface area contributed by atoms with E-state index >= 15 is 0 Å². The third kappa shape index (κ3) is 4.39. The number of benzene rings is 1. The van der Waals surface area contributed by atoms with Gasteiger partial charge in [-0.15, -0.1) is 12.4 Å². The van der Waals surface area contributed by atoms with E-state index in [0.29, 0.717) is 6.54 Å². The van der Waals surface area contributed by atoms with Crippen LogP contribution in [0.2, 0.25) is 0 Å². The normalized spacial score (nSPS) is 21.9. The molecule has 0 aliphatic heterocycles. The van der Waals surface area contributed by atoms with Crippen molar-refractivity contribution in [2.24, 2.45) is 11.7 Å². The average molecular weight is 350 g/mol. The van der Waals surface area contributed by atoms with Gasteiger partial charge < -0.3 is 5.73 Å². The number of non-ortho nitro benzene ring substituents is 1. The Morgan fingerprint density at radius 1 is 1.23 bits per heavy atom. The topological polar surface area (TPSA) is 115 Å². The van der Waals surface area contributed by atoms with E-state index < -0.39 is 14.9 Å². The first-order chi connectivity index (χ1) is 9.94. The highest BCUT2D eigenvalue weighted by Crippen LogP contribution is 2.25. The molecule has 0 aromatic heterocycles. The molecule has 3 N–H and O–H groups in total. The highest BCUT2D eigenvalue weighted by Gasteiger charge is 2.28. The van der Waals surface area contributed by atoms with E-state index in [1.807, 2.05) is 0 Å². The molecular formula is C13H20ClN3O4S. The van der Waals surface area contributed by atoms with Crippen LogP contribution >= 0.6 is 12.4 Å². The van der Waals surface area contributed by atoms with Crippen LogP contribution in [0, 0.1) is 16.0 Å². The molecule has 0 radical (unpaired) electrons. The quantitative estimate of drug-likeness (QED) is 0.621. The number of rotatable bonds is 5. The largest absolute Gasteiger partial charge is 0.330 e. The number of nitrogens with zero attached hydrogens (tertiary/aromatic N) is 1. The van der Waals surface area contributed by atoms with Gasteiger partial charge in [-0.2, -0.15) is 0 Å². The van der Waals surface area contributed by atoms with Gasteiger partial charge in [-0.3, -0.25) is 10.1 Å². The lowest BCUT2D eigenvalue weighted by atomic mass is 9.85. The molecule has 0 spiro atoms. The minimum atomic E-state index is -3.67. The Labute approximate surface area is 135 Å². The summed E-state index contributed by atoms with van der Waals surface area (Å²) >= 11 is 0. The SMILES string of the molecule is Cl.NCC1CCCCC1NS(=O)(=O)c1ccc([N+](=O)[O-])cc1. The summed E-state index contributed by atoms with van der Waals surface area (Å²) in [6.45, 7) is 0.452. The molecule has 7 nitrogen and oxygen atoms in total. The summed E-state index contributed by atoms with van der Waals surface area (Å²) in [6.07, 6.45) is 3.74. The summed E-state index contributed by atoms with van der Waals surface area (Å²) in [5.41, 5.74) is 5.56. The lowest BCUT2D eigenvalue weighted by Crippen LogP contribution is -2.44. The summed E-state index contributed by atoms with van der Waals surface area (Å²) < 4.78 is 27.3. The van der Waals surface area contributed by atoms with E-state index in [9.17, 15) is 18.5 Å². The first-order valence-corrected chi connectivity index (χ1v) is 8.39. The molecule has 1 fully saturated rings. The molecule has 2 unspecified atom stereocenters. The van der Waals surface area contributed by atoms with Crippen molar-refractivity contribution in [2.45, 2.75) is 36.6 Å². The minimum absolute atomic E-state index is 0. The van der Waals surface area contributed by atoms with Crippen LogP contribution in [0.3, 0.4) is 0 Å². The maximum absolute atomic E-state index is 12.3. The van der Waals surface area contributed by atoms with Crippen molar-refractivity contribution in [1.82, 2.24) is 4.72 Å². The molecule has 0 saturated heterocycles. The Morgan fingerprint density at radius 3 is 2.36 bits per heavy atom. The maximum Gasteiger partial charge on any atom is 0.269 e. The third-order valence-corrected chi connectivity index (χ3v) is 5.38. The van der Waals surface area contributed by atoms with E-state index in [4.69, 9.17) is 5.73 Å². The highest BCUT2D eigenvalue weighted by molar-refractivity contribution is 7.89. The smallest absolute Gasteiger partial charge is 0.269 e. The van der Waals surface area contributed by atoms with Crippen molar-refractivity contribution in [3.63, 3.8) is 0 Å². The fraction of sp³-hybridized carbons (Fsp3) is 0.538. The summed E-state index contributed by atoms with van der Waals surface area (Å²) in [5, 5.41) is 10.6. The van der Waals surface area contributed by atoms with Gasteiger partial charge in [0.25, 0.3) is 5.69 Å². The molecule has 2 rings (SSSR count). The zero-order valence-electron chi connectivity index (χ0n) is 12.0. The molecule has 9 heteroatoms. The zero-order valence-corrected chi connectivity index (χ0v) is 13.6. The minimum Gasteiger partial charge on any atom is -0.330 e.